The van der Waals surface area contributed by atoms with Crippen molar-refractivity contribution in [2.75, 3.05) is 18.0 Å². The van der Waals surface area contributed by atoms with Gasteiger partial charge in [0.2, 0.25) is 0 Å². The maximum atomic E-state index is 10.1. The van der Waals surface area contributed by atoms with Crippen LogP contribution in [0.1, 0.15) is 37.3 Å². The Bertz CT molecular complexity index is 418. The molecule has 1 aromatic rings. The Morgan fingerprint density at radius 3 is 2.94 bits per heavy atom. The zero-order chi connectivity index (χ0) is 13.2. The zero-order valence-electron chi connectivity index (χ0n) is 11.3. The second-order valence-corrected chi connectivity index (χ2v) is 5.47. The number of anilines is 1. The molecule has 0 radical (unpaired) electrons. The minimum absolute atomic E-state index is 0.516. The number of aromatic nitrogens is 1. The summed E-state index contributed by atoms with van der Waals surface area (Å²) in [6.07, 6.45) is 4.47. The van der Waals surface area contributed by atoms with Gasteiger partial charge in [-0.3, -0.25) is 0 Å². The molecule has 100 valence electrons. The van der Waals surface area contributed by atoms with Gasteiger partial charge in [0, 0.05) is 31.4 Å². The number of rotatable bonds is 2. The molecule has 1 aliphatic rings. The van der Waals surface area contributed by atoms with Gasteiger partial charge in [0.25, 0.3) is 0 Å². The Kier molecular flexibility index (Phi) is 3.88. The van der Waals surface area contributed by atoms with Gasteiger partial charge >= 0.3 is 0 Å². The van der Waals surface area contributed by atoms with Crippen molar-refractivity contribution in [3.05, 3.63) is 23.4 Å². The molecule has 2 heterocycles. The quantitative estimate of drug-likeness (QED) is 0.835. The van der Waals surface area contributed by atoms with Crippen molar-refractivity contribution >= 4 is 5.82 Å². The molecule has 18 heavy (non-hydrogen) atoms. The average Bonchev–Trinajstić information content (AvgIpc) is 2.50. The van der Waals surface area contributed by atoms with Gasteiger partial charge in [-0.25, -0.2) is 4.98 Å². The van der Waals surface area contributed by atoms with E-state index in [2.05, 4.69) is 16.8 Å². The first-order chi connectivity index (χ1) is 8.53. The highest BCUT2D eigenvalue weighted by atomic mass is 16.3. The number of hydrogen-bond acceptors (Lipinski definition) is 4. The molecule has 0 aromatic carbocycles. The van der Waals surface area contributed by atoms with E-state index < -0.39 is 5.60 Å². The Morgan fingerprint density at radius 2 is 2.22 bits per heavy atom. The fourth-order valence-corrected chi connectivity index (χ4v) is 2.57. The van der Waals surface area contributed by atoms with E-state index in [1.807, 2.05) is 19.2 Å². The van der Waals surface area contributed by atoms with Crippen LogP contribution in [0, 0.1) is 6.92 Å². The molecule has 1 fully saturated rings. The summed E-state index contributed by atoms with van der Waals surface area (Å²) < 4.78 is 0. The van der Waals surface area contributed by atoms with Gasteiger partial charge in [-0.2, -0.15) is 0 Å². The van der Waals surface area contributed by atoms with Gasteiger partial charge in [-0.15, -0.1) is 0 Å². The third-order valence-electron chi connectivity index (χ3n) is 3.83. The van der Waals surface area contributed by atoms with E-state index in [1.54, 1.807) is 0 Å². The second-order valence-electron chi connectivity index (χ2n) is 5.47. The first kappa shape index (κ1) is 13.3. The highest BCUT2D eigenvalue weighted by Crippen LogP contribution is 2.27. The Labute approximate surface area is 109 Å². The van der Waals surface area contributed by atoms with E-state index in [0.717, 1.165) is 43.7 Å². The van der Waals surface area contributed by atoms with Crippen molar-refractivity contribution in [3.63, 3.8) is 0 Å². The third kappa shape index (κ3) is 2.82. The van der Waals surface area contributed by atoms with E-state index >= 15 is 0 Å². The summed E-state index contributed by atoms with van der Waals surface area (Å²) in [4.78, 5) is 6.75. The lowest BCUT2D eigenvalue weighted by molar-refractivity contribution is 0.0481. The highest BCUT2D eigenvalue weighted by Gasteiger charge is 2.26. The van der Waals surface area contributed by atoms with Crippen LogP contribution >= 0.6 is 0 Å². The smallest absolute Gasteiger partial charge is 0.133 e. The summed E-state index contributed by atoms with van der Waals surface area (Å²) in [5, 5.41) is 10.1. The molecule has 4 heteroatoms. The standard InChI is InChI=1S/C14H23N3O/c1-11-4-7-16-13(12(11)10-15)17-8-3-5-14(2,18)6-9-17/h4,7,18H,3,5-6,8-10,15H2,1-2H3. The van der Waals surface area contributed by atoms with Crippen LogP contribution in [0.2, 0.25) is 0 Å². The molecule has 0 spiro atoms. The van der Waals surface area contributed by atoms with Crippen LogP contribution in [-0.2, 0) is 6.54 Å². The van der Waals surface area contributed by atoms with Gasteiger partial charge in [0.05, 0.1) is 5.60 Å². The number of nitrogens with zero attached hydrogens (tertiary/aromatic N) is 2. The summed E-state index contributed by atoms with van der Waals surface area (Å²) >= 11 is 0. The van der Waals surface area contributed by atoms with Gasteiger partial charge in [0.15, 0.2) is 0 Å². The Hall–Kier alpha value is -1.13. The number of aryl methyl sites for hydroxylation is 1. The molecule has 3 N–H and O–H groups in total. The molecule has 1 unspecified atom stereocenters. The van der Waals surface area contributed by atoms with Crippen LogP contribution < -0.4 is 10.6 Å². The fraction of sp³-hybridized carbons (Fsp3) is 0.643. The Morgan fingerprint density at radius 1 is 1.44 bits per heavy atom. The Balaban J connectivity index is 2.24. The van der Waals surface area contributed by atoms with Crippen LogP contribution in [-0.4, -0.2) is 28.8 Å². The molecule has 4 nitrogen and oxygen atoms in total. The highest BCUT2D eigenvalue weighted by molar-refractivity contribution is 5.50. The molecule has 0 amide bonds. The molecule has 1 aliphatic heterocycles. The number of hydrogen-bond donors (Lipinski definition) is 2. The molecule has 0 bridgehead atoms. The SMILES string of the molecule is Cc1ccnc(N2CCCC(C)(O)CC2)c1CN. The van der Waals surface area contributed by atoms with Crippen LogP contribution in [0.15, 0.2) is 12.3 Å². The van der Waals surface area contributed by atoms with Gasteiger partial charge in [0.1, 0.15) is 5.82 Å². The summed E-state index contributed by atoms with van der Waals surface area (Å²) in [7, 11) is 0. The molecule has 0 saturated carbocycles. The molecule has 2 rings (SSSR count). The first-order valence-electron chi connectivity index (χ1n) is 6.65. The van der Waals surface area contributed by atoms with Crippen LogP contribution in [0.25, 0.3) is 0 Å². The summed E-state index contributed by atoms with van der Waals surface area (Å²) in [6, 6.07) is 2.00. The topological polar surface area (TPSA) is 62.4 Å². The molecule has 0 aliphatic carbocycles. The molecule has 1 aromatic heterocycles. The summed E-state index contributed by atoms with van der Waals surface area (Å²) in [6.45, 7) is 6.29. The zero-order valence-corrected chi connectivity index (χ0v) is 11.3. The largest absolute Gasteiger partial charge is 0.390 e. The molecular formula is C14H23N3O. The maximum Gasteiger partial charge on any atom is 0.133 e. The van der Waals surface area contributed by atoms with Crippen molar-refractivity contribution in [1.82, 2.24) is 4.98 Å². The number of aliphatic hydroxyl groups is 1. The lowest BCUT2D eigenvalue weighted by Crippen LogP contribution is -2.30. The fourth-order valence-electron chi connectivity index (χ4n) is 2.57. The predicted octanol–water partition coefficient (Wildman–Crippen LogP) is 1.59. The lowest BCUT2D eigenvalue weighted by Gasteiger charge is -2.25. The van der Waals surface area contributed by atoms with Gasteiger partial charge < -0.3 is 15.7 Å². The van der Waals surface area contributed by atoms with Crippen molar-refractivity contribution < 1.29 is 5.11 Å². The van der Waals surface area contributed by atoms with Crippen LogP contribution in [0.5, 0.6) is 0 Å². The normalized spacial score (nSPS) is 25.0. The molecule has 1 saturated heterocycles. The third-order valence-corrected chi connectivity index (χ3v) is 3.83. The monoisotopic (exact) mass is 249 g/mol. The van der Waals surface area contributed by atoms with E-state index in [9.17, 15) is 5.11 Å². The van der Waals surface area contributed by atoms with Crippen molar-refractivity contribution in [2.24, 2.45) is 5.73 Å². The van der Waals surface area contributed by atoms with Crippen molar-refractivity contribution in [3.8, 4) is 0 Å². The van der Waals surface area contributed by atoms with E-state index in [4.69, 9.17) is 5.73 Å². The van der Waals surface area contributed by atoms with Gasteiger partial charge in [-0.05, 0) is 44.7 Å². The number of pyridine rings is 1. The van der Waals surface area contributed by atoms with Crippen LogP contribution in [0.3, 0.4) is 0 Å². The molecule has 1 atom stereocenters. The van der Waals surface area contributed by atoms with E-state index in [0.29, 0.717) is 6.54 Å². The summed E-state index contributed by atoms with van der Waals surface area (Å²) in [5.74, 6) is 0.996. The predicted molar refractivity (Wildman–Crippen MR) is 73.6 cm³/mol. The first-order valence-corrected chi connectivity index (χ1v) is 6.65. The van der Waals surface area contributed by atoms with Crippen molar-refractivity contribution in [1.29, 1.82) is 0 Å². The number of nitrogens with two attached hydrogens (primary N) is 1. The maximum absolute atomic E-state index is 10.1. The molecular weight excluding hydrogens is 226 g/mol. The van der Waals surface area contributed by atoms with E-state index in [1.165, 1.54) is 5.56 Å². The summed E-state index contributed by atoms with van der Waals surface area (Å²) in [5.41, 5.74) is 7.61. The minimum atomic E-state index is -0.540. The van der Waals surface area contributed by atoms with Gasteiger partial charge in [-0.1, -0.05) is 0 Å². The van der Waals surface area contributed by atoms with Crippen molar-refractivity contribution in [2.45, 2.75) is 45.3 Å². The van der Waals surface area contributed by atoms with E-state index in [-0.39, 0.29) is 0 Å². The average molecular weight is 249 g/mol. The lowest BCUT2D eigenvalue weighted by atomic mass is 9.98. The second kappa shape index (κ2) is 5.24. The minimum Gasteiger partial charge on any atom is -0.390 e. The van der Waals surface area contributed by atoms with Crippen LogP contribution in [0.4, 0.5) is 5.82 Å².